The molecule has 0 saturated carbocycles. The summed E-state index contributed by atoms with van der Waals surface area (Å²) in [6, 6.07) is 47.2. The second-order valence-corrected chi connectivity index (χ2v) is 11.4. The lowest BCUT2D eigenvalue weighted by molar-refractivity contribution is 0.481. The van der Waals surface area contributed by atoms with E-state index in [4.69, 9.17) is 19.4 Å². The van der Waals surface area contributed by atoms with Gasteiger partial charge in [0.15, 0.2) is 11.4 Å². The number of aromatic nitrogens is 4. The first kappa shape index (κ1) is 26.8. The van der Waals surface area contributed by atoms with Crippen molar-refractivity contribution in [2.45, 2.75) is 0 Å². The van der Waals surface area contributed by atoms with E-state index in [1.165, 1.54) is 0 Å². The predicted octanol–water partition coefficient (Wildman–Crippen LogP) is 10.1. The van der Waals surface area contributed by atoms with Gasteiger partial charge in [-0.3, -0.25) is 4.57 Å². The predicted molar refractivity (Wildman–Crippen MR) is 187 cm³/mol. The molecule has 0 saturated heterocycles. The van der Waals surface area contributed by atoms with Crippen LogP contribution in [0.5, 0.6) is 5.75 Å². The van der Waals surface area contributed by atoms with Gasteiger partial charge >= 0.3 is 0 Å². The number of fused-ring (bicyclic) bond motifs is 4. The van der Waals surface area contributed by atoms with E-state index in [1.54, 1.807) is 18.3 Å². The Morgan fingerprint density at radius 1 is 0.574 bits per heavy atom. The van der Waals surface area contributed by atoms with Crippen molar-refractivity contribution < 1.29 is 9.52 Å². The second-order valence-electron chi connectivity index (χ2n) is 11.4. The lowest BCUT2D eigenvalue weighted by Gasteiger charge is -2.19. The number of hydrogen-bond acceptors (Lipinski definition) is 5. The highest BCUT2D eigenvalue weighted by molar-refractivity contribution is 6.06. The Balaban J connectivity index is 1.37. The molecule has 6 nitrogen and oxygen atoms in total. The third-order valence-corrected chi connectivity index (χ3v) is 8.63. The summed E-state index contributed by atoms with van der Waals surface area (Å²) in [5.74, 6) is 1.31. The van der Waals surface area contributed by atoms with Gasteiger partial charge in [-0.25, -0.2) is 15.0 Å². The first-order chi connectivity index (χ1) is 23.2. The highest BCUT2D eigenvalue weighted by Crippen LogP contribution is 2.41. The van der Waals surface area contributed by atoms with E-state index in [0.29, 0.717) is 33.6 Å². The second kappa shape index (κ2) is 10.8. The van der Waals surface area contributed by atoms with E-state index in [9.17, 15) is 5.11 Å². The molecule has 0 radical (unpaired) electrons. The lowest BCUT2D eigenvalue weighted by atomic mass is 9.95. The maximum atomic E-state index is 10.7. The molecule has 0 fully saturated rings. The highest BCUT2D eigenvalue weighted by atomic mass is 16.3. The van der Waals surface area contributed by atoms with Gasteiger partial charge < -0.3 is 9.52 Å². The summed E-state index contributed by atoms with van der Waals surface area (Å²) < 4.78 is 8.14. The number of furan rings is 1. The van der Waals surface area contributed by atoms with Crippen molar-refractivity contribution in [3.05, 3.63) is 152 Å². The zero-order chi connectivity index (χ0) is 31.3. The smallest absolute Gasteiger partial charge is 0.180 e. The Labute approximate surface area is 269 Å². The number of nitrogens with zero attached hydrogens (tertiary/aromatic N) is 4. The van der Waals surface area contributed by atoms with Crippen molar-refractivity contribution in [1.29, 1.82) is 0 Å². The summed E-state index contributed by atoms with van der Waals surface area (Å²) in [6.45, 7) is 0. The molecule has 3 aromatic heterocycles. The molecule has 0 aliphatic rings. The Hall–Kier alpha value is -6.53. The molecule has 47 heavy (non-hydrogen) atoms. The largest absolute Gasteiger partial charge is 0.507 e. The fourth-order valence-electron chi connectivity index (χ4n) is 6.48. The zero-order valence-electron chi connectivity index (χ0n) is 25.1. The molecule has 0 amide bonds. The number of phenolic OH excluding ortho intramolecular Hbond substituents is 1. The van der Waals surface area contributed by atoms with Gasteiger partial charge in [0.05, 0.1) is 17.3 Å². The number of aromatic hydroxyl groups is 1. The summed E-state index contributed by atoms with van der Waals surface area (Å²) in [5, 5.41) is 13.5. The molecule has 6 aromatic carbocycles. The molecular weight excluding hydrogens is 580 g/mol. The monoisotopic (exact) mass is 606 g/mol. The van der Waals surface area contributed by atoms with Crippen LogP contribution in [0.25, 0.3) is 83.7 Å². The minimum absolute atomic E-state index is 0.108. The number of imidazole rings is 1. The van der Waals surface area contributed by atoms with E-state index in [-0.39, 0.29) is 5.75 Å². The van der Waals surface area contributed by atoms with Crippen LogP contribution in [-0.2, 0) is 0 Å². The van der Waals surface area contributed by atoms with Crippen LogP contribution in [0, 0.1) is 0 Å². The third kappa shape index (κ3) is 4.46. The number of phenols is 1. The Bertz CT molecular complexity index is 2520. The van der Waals surface area contributed by atoms with Gasteiger partial charge in [0.25, 0.3) is 0 Å². The van der Waals surface area contributed by atoms with Crippen LogP contribution in [0.4, 0.5) is 0 Å². The molecule has 0 atom stereocenters. The Morgan fingerprint density at radius 3 is 1.98 bits per heavy atom. The summed E-state index contributed by atoms with van der Waals surface area (Å²) in [5.41, 5.74) is 8.51. The topological polar surface area (TPSA) is 77.0 Å². The van der Waals surface area contributed by atoms with Crippen molar-refractivity contribution in [2.75, 3.05) is 0 Å². The average Bonchev–Trinajstić information content (AvgIpc) is 3.74. The molecule has 0 unspecified atom stereocenters. The average molecular weight is 607 g/mol. The molecule has 0 aliphatic carbocycles. The highest BCUT2D eigenvalue weighted by Gasteiger charge is 2.23. The maximum Gasteiger partial charge on any atom is 0.180 e. The normalized spacial score (nSPS) is 11.5. The number of benzene rings is 6. The number of hydrogen-bond donors (Lipinski definition) is 1. The molecule has 9 rings (SSSR count). The third-order valence-electron chi connectivity index (χ3n) is 8.63. The van der Waals surface area contributed by atoms with E-state index >= 15 is 0 Å². The molecule has 0 spiro atoms. The van der Waals surface area contributed by atoms with E-state index < -0.39 is 0 Å². The molecule has 9 aromatic rings. The summed E-state index contributed by atoms with van der Waals surface area (Å²) in [4.78, 5) is 14.9. The zero-order valence-corrected chi connectivity index (χ0v) is 25.1. The Morgan fingerprint density at radius 2 is 1.21 bits per heavy atom. The van der Waals surface area contributed by atoms with Gasteiger partial charge in [-0.05, 0) is 34.0 Å². The minimum atomic E-state index is 0.108. The summed E-state index contributed by atoms with van der Waals surface area (Å²) in [7, 11) is 0. The molecule has 0 bridgehead atoms. The fourth-order valence-corrected chi connectivity index (χ4v) is 6.48. The molecule has 1 N–H and O–H groups in total. The maximum absolute atomic E-state index is 10.7. The summed E-state index contributed by atoms with van der Waals surface area (Å²) in [6.07, 6.45) is 3.68. The van der Waals surface area contributed by atoms with Gasteiger partial charge in [0.2, 0.25) is 0 Å². The Kier molecular flexibility index (Phi) is 6.18. The van der Waals surface area contributed by atoms with Crippen LogP contribution in [0.3, 0.4) is 0 Å². The van der Waals surface area contributed by atoms with E-state index in [1.807, 2.05) is 24.4 Å². The molecule has 222 valence electrons. The van der Waals surface area contributed by atoms with Crippen LogP contribution in [-0.4, -0.2) is 24.6 Å². The fraction of sp³-hybridized carbons (Fsp3) is 0. The van der Waals surface area contributed by atoms with Crippen LogP contribution >= 0.6 is 0 Å². The van der Waals surface area contributed by atoms with Crippen molar-refractivity contribution in [3.63, 3.8) is 0 Å². The van der Waals surface area contributed by atoms with Crippen molar-refractivity contribution in [3.8, 4) is 56.6 Å². The van der Waals surface area contributed by atoms with Gasteiger partial charge in [-0.15, -0.1) is 0 Å². The lowest BCUT2D eigenvalue weighted by Crippen LogP contribution is -2.02. The van der Waals surface area contributed by atoms with Crippen molar-refractivity contribution in [1.82, 2.24) is 19.5 Å². The van der Waals surface area contributed by atoms with Crippen molar-refractivity contribution >= 4 is 32.8 Å². The van der Waals surface area contributed by atoms with Crippen LogP contribution in [0.15, 0.2) is 156 Å². The van der Waals surface area contributed by atoms with Crippen LogP contribution in [0.2, 0.25) is 0 Å². The molecule has 6 heteroatoms. The quantitative estimate of drug-likeness (QED) is 0.211. The first-order valence-corrected chi connectivity index (χ1v) is 15.4. The van der Waals surface area contributed by atoms with Gasteiger partial charge in [0.1, 0.15) is 28.4 Å². The molecular formula is C41H26N4O2. The summed E-state index contributed by atoms with van der Waals surface area (Å²) >= 11 is 0. The van der Waals surface area contributed by atoms with Gasteiger partial charge in [-0.1, -0.05) is 127 Å². The van der Waals surface area contributed by atoms with Gasteiger partial charge in [-0.2, -0.15) is 0 Å². The SMILES string of the molecule is Oc1cccc2oc3cnc(-c4cn(-c5c(-c6ccccc6)cccc5-c5ccccc5)c(-c5cccc6ccccc56)n4)nc3c12. The number of rotatable bonds is 5. The number of para-hydroxylation sites is 1. The molecule has 0 aliphatic heterocycles. The van der Waals surface area contributed by atoms with Crippen LogP contribution < -0.4 is 0 Å². The van der Waals surface area contributed by atoms with E-state index in [2.05, 4.69) is 114 Å². The van der Waals surface area contributed by atoms with E-state index in [0.717, 1.165) is 50.1 Å². The first-order valence-electron chi connectivity index (χ1n) is 15.4. The minimum Gasteiger partial charge on any atom is -0.507 e. The molecule has 3 heterocycles. The van der Waals surface area contributed by atoms with Crippen molar-refractivity contribution in [2.24, 2.45) is 0 Å². The van der Waals surface area contributed by atoms with Crippen LogP contribution in [0.1, 0.15) is 0 Å². The van der Waals surface area contributed by atoms with Gasteiger partial charge in [0, 0.05) is 22.9 Å². The standard InChI is InChI=1S/C41H26N4O2/c46-34-22-11-23-35-37(34)38-36(47-35)24-42-40(44-38)33-25-45(41(43-33)32-21-9-17-26-16-7-8-18-29(26)32)39-30(27-12-3-1-4-13-27)19-10-20-31(39)28-14-5-2-6-15-28/h1-25,46H.